The second-order valence-corrected chi connectivity index (χ2v) is 9.01. The minimum absolute atomic E-state index is 0.0283. The average molecular weight is 438 g/mol. The lowest BCUT2D eigenvalue weighted by Gasteiger charge is -2.42. The molecule has 0 radical (unpaired) electrons. The van der Waals surface area contributed by atoms with E-state index in [0.29, 0.717) is 39.3 Å². The van der Waals surface area contributed by atoms with Crippen molar-refractivity contribution in [1.29, 1.82) is 0 Å². The fourth-order valence-corrected chi connectivity index (χ4v) is 5.43. The SMILES string of the molecule is O=C1N(Cc2ccsc2)CCO[C@]12CN(Cc1cccc(F)c1)C[C@H]2c1cccnc1. The maximum Gasteiger partial charge on any atom is 0.257 e. The normalized spacial score (nSPS) is 24.2. The molecule has 7 heteroatoms. The summed E-state index contributed by atoms with van der Waals surface area (Å²) in [6.45, 7) is 3.37. The Morgan fingerprint density at radius 1 is 1.19 bits per heavy atom. The number of aromatic nitrogens is 1. The lowest BCUT2D eigenvalue weighted by Crippen LogP contribution is -2.59. The number of rotatable bonds is 5. The van der Waals surface area contributed by atoms with Crippen LogP contribution in [-0.4, -0.2) is 52.5 Å². The highest BCUT2D eigenvalue weighted by molar-refractivity contribution is 7.07. The van der Waals surface area contributed by atoms with E-state index in [1.165, 1.54) is 6.07 Å². The molecule has 5 nitrogen and oxygen atoms in total. The molecule has 0 aliphatic carbocycles. The van der Waals surface area contributed by atoms with Crippen LogP contribution >= 0.6 is 11.3 Å². The number of ether oxygens (including phenoxy) is 1. The van der Waals surface area contributed by atoms with Crippen molar-refractivity contribution in [3.63, 3.8) is 0 Å². The summed E-state index contributed by atoms with van der Waals surface area (Å²) in [7, 11) is 0. The molecular weight excluding hydrogens is 413 g/mol. The van der Waals surface area contributed by atoms with Crippen LogP contribution in [-0.2, 0) is 22.6 Å². The first-order valence-electron chi connectivity index (χ1n) is 10.5. The summed E-state index contributed by atoms with van der Waals surface area (Å²) in [6.07, 6.45) is 3.56. The van der Waals surface area contributed by atoms with Gasteiger partial charge in [0.15, 0.2) is 5.60 Å². The van der Waals surface area contributed by atoms with Crippen LogP contribution in [0.3, 0.4) is 0 Å². The molecule has 0 unspecified atom stereocenters. The van der Waals surface area contributed by atoms with Crippen molar-refractivity contribution in [2.24, 2.45) is 0 Å². The highest BCUT2D eigenvalue weighted by atomic mass is 32.1. The largest absolute Gasteiger partial charge is 0.361 e. The van der Waals surface area contributed by atoms with Gasteiger partial charge in [0.25, 0.3) is 5.91 Å². The molecule has 160 valence electrons. The van der Waals surface area contributed by atoms with Gasteiger partial charge in [0.1, 0.15) is 5.82 Å². The van der Waals surface area contributed by atoms with E-state index in [4.69, 9.17) is 4.74 Å². The van der Waals surface area contributed by atoms with E-state index < -0.39 is 5.60 Å². The fourth-order valence-electron chi connectivity index (χ4n) is 4.77. The van der Waals surface area contributed by atoms with Gasteiger partial charge < -0.3 is 9.64 Å². The van der Waals surface area contributed by atoms with Crippen molar-refractivity contribution in [1.82, 2.24) is 14.8 Å². The third-order valence-corrected chi connectivity index (χ3v) is 6.90. The molecule has 31 heavy (non-hydrogen) atoms. The Hall–Kier alpha value is -2.61. The smallest absolute Gasteiger partial charge is 0.257 e. The monoisotopic (exact) mass is 437 g/mol. The van der Waals surface area contributed by atoms with E-state index >= 15 is 0 Å². The van der Waals surface area contributed by atoms with E-state index in [2.05, 4.69) is 21.3 Å². The van der Waals surface area contributed by atoms with Crippen LogP contribution in [0.2, 0.25) is 0 Å². The Morgan fingerprint density at radius 2 is 2.13 bits per heavy atom. The van der Waals surface area contributed by atoms with Gasteiger partial charge >= 0.3 is 0 Å². The van der Waals surface area contributed by atoms with Crippen LogP contribution in [0.4, 0.5) is 4.39 Å². The topological polar surface area (TPSA) is 45.7 Å². The van der Waals surface area contributed by atoms with Gasteiger partial charge in [-0.05, 0) is 51.7 Å². The maximum absolute atomic E-state index is 13.8. The lowest BCUT2D eigenvalue weighted by atomic mass is 9.83. The number of morpholine rings is 1. The standard InChI is InChI=1S/C24H24FN3O2S/c25-21-5-1-3-18(11-21)13-27-15-22(20-4-2-7-26-12-20)24(17-27)23(29)28(8-9-30-24)14-19-6-10-31-16-19/h1-7,10-12,16,22H,8-9,13-15,17H2/t22-,24-/m0/s1. The second-order valence-electron chi connectivity index (χ2n) is 8.23. The predicted molar refractivity (Wildman–Crippen MR) is 117 cm³/mol. The number of carbonyl (C=O) groups is 1. The Labute approximate surface area is 185 Å². The Bertz CT molecular complexity index is 1050. The summed E-state index contributed by atoms with van der Waals surface area (Å²) >= 11 is 1.64. The number of amides is 1. The number of benzene rings is 1. The van der Waals surface area contributed by atoms with Crippen LogP contribution in [0.15, 0.2) is 65.6 Å². The number of halogens is 1. The lowest BCUT2D eigenvalue weighted by molar-refractivity contribution is -0.173. The van der Waals surface area contributed by atoms with Gasteiger partial charge in [0.2, 0.25) is 0 Å². The highest BCUT2D eigenvalue weighted by Crippen LogP contribution is 2.42. The molecule has 1 spiro atoms. The molecule has 0 bridgehead atoms. The number of hydrogen-bond acceptors (Lipinski definition) is 5. The first-order valence-corrected chi connectivity index (χ1v) is 11.4. The molecular formula is C24H24FN3O2S. The zero-order valence-corrected chi connectivity index (χ0v) is 17.9. The van der Waals surface area contributed by atoms with Crippen molar-refractivity contribution in [2.75, 3.05) is 26.2 Å². The molecule has 2 aromatic heterocycles. The van der Waals surface area contributed by atoms with Crippen molar-refractivity contribution >= 4 is 17.2 Å². The quantitative estimate of drug-likeness (QED) is 0.611. The summed E-state index contributed by atoms with van der Waals surface area (Å²) in [6, 6.07) is 12.6. The summed E-state index contributed by atoms with van der Waals surface area (Å²) in [5, 5.41) is 4.11. The van der Waals surface area contributed by atoms with E-state index in [1.807, 2.05) is 34.7 Å². The summed E-state index contributed by atoms with van der Waals surface area (Å²) in [4.78, 5) is 22.2. The van der Waals surface area contributed by atoms with Gasteiger partial charge in [-0.2, -0.15) is 11.3 Å². The van der Waals surface area contributed by atoms with Crippen LogP contribution in [0.5, 0.6) is 0 Å². The zero-order valence-electron chi connectivity index (χ0n) is 17.1. The van der Waals surface area contributed by atoms with Crippen molar-refractivity contribution in [3.05, 3.63) is 88.1 Å². The predicted octanol–water partition coefficient (Wildman–Crippen LogP) is 3.68. The minimum Gasteiger partial charge on any atom is -0.361 e. The molecule has 2 aliphatic rings. The number of hydrogen-bond donors (Lipinski definition) is 0. The van der Waals surface area contributed by atoms with E-state index in [1.54, 1.807) is 29.7 Å². The Morgan fingerprint density at radius 3 is 2.90 bits per heavy atom. The number of pyridine rings is 1. The number of likely N-dealkylation sites (tertiary alicyclic amines) is 1. The van der Waals surface area contributed by atoms with E-state index in [0.717, 1.165) is 16.7 Å². The first kappa shape index (κ1) is 20.3. The molecule has 5 rings (SSSR count). The van der Waals surface area contributed by atoms with Gasteiger partial charge in [0.05, 0.1) is 6.61 Å². The Balaban J connectivity index is 1.45. The molecule has 1 aromatic carbocycles. The van der Waals surface area contributed by atoms with Gasteiger partial charge in [-0.1, -0.05) is 18.2 Å². The van der Waals surface area contributed by atoms with E-state index in [9.17, 15) is 9.18 Å². The Kier molecular flexibility index (Phi) is 5.56. The van der Waals surface area contributed by atoms with Crippen molar-refractivity contribution in [2.45, 2.75) is 24.6 Å². The molecule has 2 atom stereocenters. The van der Waals surface area contributed by atoms with Gasteiger partial charge in [0, 0.05) is 51.0 Å². The second kappa shape index (κ2) is 8.49. The first-order chi connectivity index (χ1) is 15.1. The molecule has 2 aliphatic heterocycles. The number of thiophene rings is 1. The fraction of sp³-hybridized carbons (Fsp3) is 0.333. The van der Waals surface area contributed by atoms with Crippen molar-refractivity contribution in [3.8, 4) is 0 Å². The molecule has 1 amide bonds. The van der Waals surface area contributed by atoms with Crippen LogP contribution in [0, 0.1) is 5.82 Å². The molecule has 0 N–H and O–H groups in total. The molecule has 3 aromatic rings. The molecule has 2 fully saturated rings. The minimum atomic E-state index is -0.954. The maximum atomic E-state index is 13.8. The molecule has 4 heterocycles. The number of carbonyl (C=O) groups excluding carboxylic acids is 1. The van der Waals surface area contributed by atoms with Gasteiger partial charge in [-0.15, -0.1) is 0 Å². The average Bonchev–Trinajstić information content (AvgIpc) is 3.41. The van der Waals surface area contributed by atoms with E-state index in [-0.39, 0.29) is 17.6 Å². The summed E-state index contributed by atoms with van der Waals surface area (Å²) in [5.41, 5.74) is 2.07. The summed E-state index contributed by atoms with van der Waals surface area (Å²) in [5.74, 6) is -0.352. The van der Waals surface area contributed by atoms with Gasteiger partial charge in [-0.25, -0.2) is 4.39 Å². The van der Waals surface area contributed by atoms with Crippen molar-refractivity contribution < 1.29 is 13.9 Å². The zero-order chi connectivity index (χ0) is 21.3. The molecule has 0 saturated carbocycles. The third kappa shape index (κ3) is 4.01. The van der Waals surface area contributed by atoms with Crippen LogP contribution in [0.25, 0.3) is 0 Å². The van der Waals surface area contributed by atoms with Crippen LogP contribution < -0.4 is 0 Å². The highest BCUT2D eigenvalue weighted by Gasteiger charge is 2.56. The van der Waals surface area contributed by atoms with Crippen LogP contribution in [0.1, 0.15) is 22.6 Å². The third-order valence-electron chi connectivity index (χ3n) is 6.17. The van der Waals surface area contributed by atoms with Gasteiger partial charge in [-0.3, -0.25) is 14.7 Å². The number of nitrogens with zero attached hydrogens (tertiary/aromatic N) is 3. The molecule has 2 saturated heterocycles. The summed E-state index contributed by atoms with van der Waals surface area (Å²) < 4.78 is 20.0.